The zero-order valence-electron chi connectivity index (χ0n) is 9.06. The Hall–Kier alpha value is -0.830. The van der Waals surface area contributed by atoms with Crippen LogP contribution in [0.15, 0.2) is 12.2 Å². The summed E-state index contributed by atoms with van der Waals surface area (Å²) >= 11 is 0. The third-order valence-electron chi connectivity index (χ3n) is 3.50. The van der Waals surface area contributed by atoms with Gasteiger partial charge in [0.05, 0.1) is 6.61 Å². The number of allylic oxidation sites excluding steroid dienone is 2. The lowest BCUT2D eigenvalue weighted by Gasteiger charge is -2.38. The van der Waals surface area contributed by atoms with Crippen molar-refractivity contribution >= 4 is 5.91 Å². The Labute approximate surface area is 90.8 Å². The van der Waals surface area contributed by atoms with Crippen LogP contribution in [-0.4, -0.2) is 35.1 Å². The third-order valence-corrected chi connectivity index (χ3v) is 3.50. The minimum atomic E-state index is 0.0857. The van der Waals surface area contributed by atoms with Crippen LogP contribution in [0.3, 0.4) is 0 Å². The molecule has 2 aliphatic rings. The van der Waals surface area contributed by atoms with Gasteiger partial charge < -0.3 is 10.0 Å². The van der Waals surface area contributed by atoms with E-state index in [0.717, 1.165) is 25.7 Å². The molecule has 1 saturated carbocycles. The van der Waals surface area contributed by atoms with Crippen LogP contribution < -0.4 is 0 Å². The molecule has 0 saturated heterocycles. The van der Waals surface area contributed by atoms with Crippen molar-refractivity contribution in [1.82, 2.24) is 4.90 Å². The van der Waals surface area contributed by atoms with Crippen molar-refractivity contribution in [1.29, 1.82) is 0 Å². The summed E-state index contributed by atoms with van der Waals surface area (Å²) in [4.78, 5) is 14.0. The lowest BCUT2D eigenvalue weighted by molar-refractivity contribution is -0.140. The maximum absolute atomic E-state index is 12.1. The van der Waals surface area contributed by atoms with Gasteiger partial charge in [0.1, 0.15) is 0 Å². The Bertz CT molecular complexity index is 250. The fraction of sp³-hybridized carbons (Fsp3) is 0.750. The predicted octanol–water partition coefficient (Wildman–Crippen LogP) is 1.33. The van der Waals surface area contributed by atoms with Crippen LogP contribution in [0.5, 0.6) is 0 Å². The second-order valence-electron chi connectivity index (χ2n) is 4.48. The molecule has 1 amide bonds. The zero-order valence-corrected chi connectivity index (χ0v) is 9.06. The highest BCUT2D eigenvalue weighted by Gasteiger charge is 2.32. The molecule has 0 unspecified atom stereocenters. The quantitative estimate of drug-likeness (QED) is 0.709. The molecule has 0 atom stereocenters. The summed E-state index contributed by atoms with van der Waals surface area (Å²) in [5.74, 6) is 0.399. The molecule has 2 aliphatic carbocycles. The summed E-state index contributed by atoms with van der Waals surface area (Å²) in [5.41, 5.74) is 0. The molecule has 0 aromatic rings. The van der Waals surface area contributed by atoms with Crippen LogP contribution in [0.2, 0.25) is 0 Å². The normalized spacial score (nSPS) is 21.7. The highest BCUT2D eigenvalue weighted by Crippen LogP contribution is 2.28. The molecule has 15 heavy (non-hydrogen) atoms. The van der Waals surface area contributed by atoms with Crippen LogP contribution >= 0.6 is 0 Å². The Kier molecular flexibility index (Phi) is 3.41. The average molecular weight is 209 g/mol. The van der Waals surface area contributed by atoms with Crippen molar-refractivity contribution in [3.8, 4) is 0 Å². The topological polar surface area (TPSA) is 40.5 Å². The Morgan fingerprint density at radius 3 is 2.47 bits per heavy atom. The van der Waals surface area contributed by atoms with E-state index in [1.54, 1.807) is 0 Å². The molecule has 84 valence electrons. The largest absolute Gasteiger partial charge is 0.395 e. The zero-order chi connectivity index (χ0) is 10.7. The van der Waals surface area contributed by atoms with Crippen molar-refractivity contribution in [3.05, 3.63) is 12.2 Å². The van der Waals surface area contributed by atoms with E-state index in [1.807, 2.05) is 4.90 Å². The van der Waals surface area contributed by atoms with Crippen LogP contribution in [0.4, 0.5) is 0 Å². The third kappa shape index (κ3) is 2.23. The highest BCUT2D eigenvalue weighted by atomic mass is 16.3. The lowest BCUT2D eigenvalue weighted by Crippen LogP contribution is -2.47. The fourth-order valence-electron chi connectivity index (χ4n) is 2.33. The van der Waals surface area contributed by atoms with Gasteiger partial charge in [0, 0.05) is 18.5 Å². The van der Waals surface area contributed by atoms with E-state index < -0.39 is 0 Å². The molecular formula is C12H19NO2. The summed E-state index contributed by atoms with van der Waals surface area (Å²) in [7, 11) is 0. The number of aliphatic hydroxyl groups excluding tert-OH is 1. The molecule has 1 fully saturated rings. The minimum Gasteiger partial charge on any atom is -0.395 e. The summed E-state index contributed by atoms with van der Waals surface area (Å²) in [6.07, 6.45) is 9.39. The average Bonchev–Trinajstić information content (AvgIpc) is 2.66. The number of carbonyl (C=O) groups is 1. The van der Waals surface area contributed by atoms with Gasteiger partial charge in [-0.15, -0.1) is 0 Å². The van der Waals surface area contributed by atoms with Crippen molar-refractivity contribution < 1.29 is 9.90 Å². The summed E-state index contributed by atoms with van der Waals surface area (Å²) in [5, 5.41) is 8.99. The van der Waals surface area contributed by atoms with E-state index in [-0.39, 0.29) is 18.4 Å². The standard InChI is InChI=1S/C12H19NO2/c14-9-8-13(11-6-3-7-11)12(15)10-4-1-2-5-10/h1-2,10-11,14H,3-9H2. The number of nitrogens with zero attached hydrogens (tertiary/aromatic N) is 1. The highest BCUT2D eigenvalue weighted by molar-refractivity contribution is 5.80. The van der Waals surface area contributed by atoms with E-state index in [9.17, 15) is 4.79 Å². The summed E-state index contributed by atoms with van der Waals surface area (Å²) in [6, 6.07) is 0.408. The van der Waals surface area contributed by atoms with Gasteiger partial charge in [0.25, 0.3) is 0 Å². The number of rotatable bonds is 4. The number of carbonyl (C=O) groups excluding carboxylic acids is 1. The van der Waals surface area contributed by atoms with Gasteiger partial charge >= 0.3 is 0 Å². The van der Waals surface area contributed by atoms with Crippen LogP contribution in [0.1, 0.15) is 32.1 Å². The maximum atomic E-state index is 12.1. The molecule has 0 heterocycles. The molecule has 0 bridgehead atoms. The van der Waals surface area contributed by atoms with E-state index in [4.69, 9.17) is 5.11 Å². The van der Waals surface area contributed by atoms with Gasteiger partial charge in [-0.05, 0) is 32.1 Å². The second-order valence-corrected chi connectivity index (χ2v) is 4.48. The van der Waals surface area contributed by atoms with Crippen molar-refractivity contribution in [2.75, 3.05) is 13.2 Å². The Morgan fingerprint density at radius 1 is 1.33 bits per heavy atom. The number of hydrogen-bond acceptors (Lipinski definition) is 2. The molecule has 0 aliphatic heterocycles. The second kappa shape index (κ2) is 4.79. The summed E-state index contributed by atoms with van der Waals surface area (Å²) < 4.78 is 0. The van der Waals surface area contributed by atoms with Gasteiger partial charge in [-0.25, -0.2) is 0 Å². The molecule has 3 nitrogen and oxygen atoms in total. The molecule has 0 aromatic carbocycles. The van der Waals surface area contributed by atoms with Gasteiger partial charge in [-0.2, -0.15) is 0 Å². The molecule has 0 aromatic heterocycles. The van der Waals surface area contributed by atoms with E-state index in [2.05, 4.69) is 12.2 Å². The first-order chi connectivity index (χ1) is 7.33. The van der Waals surface area contributed by atoms with Crippen molar-refractivity contribution in [2.24, 2.45) is 5.92 Å². The predicted molar refractivity (Wildman–Crippen MR) is 58.3 cm³/mol. The molecule has 2 rings (SSSR count). The molecule has 3 heteroatoms. The Balaban J connectivity index is 1.93. The monoisotopic (exact) mass is 209 g/mol. The van der Waals surface area contributed by atoms with E-state index in [1.165, 1.54) is 6.42 Å². The summed E-state index contributed by atoms with van der Waals surface area (Å²) in [6.45, 7) is 0.600. The number of hydrogen-bond donors (Lipinski definition) is 1. The van der Waals surface area contributed by atoms with Gasteiger partial charge in [0.15, 0.2) is 0 Å². The maximum Gasteiger partial charge on any atom is 0.226 e. The van der Waals surface area contributed by atoms with Gasteiger partial charge in [-0.1, -0.05) is 12.2 Å². The van der Waals surface area contributed by atoms with E-state index in [0.29, 0.717) is 12.6 Å². The van der Waals surface area contributed by atoms with Gasteiger partial charge in [0.2, 0.25) is 5.91 Å². The first-order valence-electron chi connectivity index (χ1n) is 5.89. The minimum absolute atomic E-state index is 0.0857. The molecular weight excluding hydrogens is 190 g/mol. The van der Waals surface area contributed by atoms with Crippen molar-refractivity contribution in [2.45, 2.75) is 38.1 Å². The Morgan fingerprint density at radius 2 is 2.00 bits per heavy atom. The smallest absolute Gasteiger partial charge is 0.226 e. The van der Waals surface area contributed by atoms with Crippen LogP contribution in [-0.2, 0) is 4.79 Å². The molecule has 1 N–H and O–H groups in total. The number of aliphatic hydroxyl groups is 1. The SMILES string of the molecule is O=C(C1CC=CC1)N(CCO)C1CCC1. The van der Waals surface area contributed by atoms with Gasteiger partial charge in [-0.3, -0.25) is 4.79 Å². The first kappa shape index (κ1) is 10.7. The fourth-order valence-corrected chi connectivity index (χ4v) is 2.33. The van der Waals surface area contributed by atoms with Crippen LogP contribution in [0.25, 0.3) is 0 Å². The number of amides is 1. The molecule has 0 radical (unpaired) electrons. The molecule has 0 spiro atoms. The van der Waals surface area contributed by atoms with Crippen molar-refractivity contribution in [3.63, 3.8) is 0 Å². The van der Waals surface area contributed by atoms with E-state index >= 15 is 0 Å². The first-order valence-corrected chi connectivity index (χ1v) is 5.89. The van der Waals surface area contributed by atoms with Crippen LogP contribution in [0, 0.1) is 5.92 Å². The lowest BCUT2D eigenvalue weighted by atomic mass is 9.90.